The summed E-state index contributed by atoms with van der Waals surface area (Å²) in [6.45, 7) is 0. The molecule has 6 nitrogen and oxygen atoms in total. The second-order valence-electron chi connectivity index (χ2n) is 3.92. The van der Waals surface area contributed by atoms with Crippen LogP contribution in [-0.2, 0) is 0 Å². The lowest BCUT2D eigenvalue weighted by Gasteiger charge is -2.07. The number of non-ortho nitro benzene ring substituents is 1. The molecule has 0 saturated heterocycles. The highest BCUT2D eigenvalue weighted by Gasteiger charge is 2.13. The Morgan fingerprint density at radius 3 is 2.70 bits per heavy atom. The van der Waals surface area contributed by atoms with Gasteiger partial charge in [-0.1, -0.05) is 17.7 Å². The van der Waals surface area contributed by atoms with Gasteiger partial charge in [0.1, 0.15) is 5.75 Å². The molecule has 20 heavy (non-hydrogen) atoms. The third kappa shape index (κ3) is 3.04. The van der Waals surface area contributed by atoms with Gasteiger partial charge in [-0.25, -0.2) is 0 Å². The molecule has 2 N–H and O–H groups in total. The van der Waals surface area contributed by atoms with E-state index in [4.69, 9.17) is 11.6 Å². The van der Waals surface area contributed by atoms with Gasteiger partial charge in [-0.05, 0) is 24.3 Å². The van der Waals surface area contributed by atoms with Gasteiger partial charge in [0.15, 0.2) is 0 Å². The Bertz CT molecular complexity index is 688. The Morgan fingerprint density at radius 1 is 1.25 bits per heavy atom. The quantitative estimate of drug-likeness (QED) is 0.671. The van der Waals surface area contributed by atoms with Crippen LogP contribution >= 0.6 is 11.6 Å². The molecule has 0 spiro atoms. The fraction of sp³-hybridized carbons (Fsp3) is 0. The van der Waals surface area contributed by atoms with E-state index in [1.54, 1.807) is 0 Å². The van der Waals surface area contributed by atoms with E-state index in [1.807, 2.05) is 0 Å². The van der Waals surface area contributed by atoms with Crippen LogP contribution in [0.3, 0.4) is 0 Å². The topological polar surface area (TPSA) is 92.5 Å². The van der Waals surface area contributed by atoms with Gasteiger partial charge in [0.2, 0.25) is 0 Å². The molecule has 0 aliphatic rings. The van der Waals surface area contributed by atoms with Crippen LogP contribution in [-0.4, -0.2) is 15.9 Å². The summed E-state index contributed by atoms with van der Waals surface area (Å²) in [6, 6.07) is 9.54. The number of nitro groups is 1. The summed E-state index contributed by atoms with van der Waals surface area (Å²) in [7, 11) is 0. The Morgan fingerprint density at radius 2 is 2.00 bits per heavy atom. The van der Waals surface area contributed by atoms with E-state index < -0.39 is 10.8 Å². The molecule has 0 aliphatic heterocycles. The fourth-order valence-electron chi connectivity index (χ4n) is 1.59. The van der Waals surface area contributed by atoms with Crippen LogP contribution in [0.25, 0.3) is 0 Å². The normalized spacial score (nSPS) is 10.1. The average molecular weight is 293 g/mol. The van der Waals surface area contributed by atoms with Crippen molar-refractivity contribution in [2.24, 2.45) is 0 Å². The predicted molar refractivity (Wildman–Crippen MR) is 74.2 cm³/mol. The van der Waals surface area contributed by atoms with Crippen molar-refractivity contribution in [3.05, 3.63) is 63.2 Å². The number of phenols is 1. The first-order valence-electron chi connectivity index (χ1n) is 5.51. The number of nitrogens with zero attached hydrogens (tertiary/aromatic N) is 1. The Balaban J connectivity index is 2.25. The molecule has 7 heteroatoms. The van der Waals surface area contributed by atoms with Gasteiger partial charge in [0.25, 0.3) is 11.6 Å². The predicted octanol–water partition coefficient (Wildman–Crippen LogP) is 3.21. The number of phenolic OH excluding ortho intramolecular Hbond substituents is 1. The van der Waals surface area contributed by atoms with Crippen molar-refractivity contribution < 1.29 is 14.8 Å². The monoisotopic (exact) mass is 292 g/mol. The largest absolute Gasteiger partial charge is 0.507 e. The van der Waals surface area contributed by atoms with Crippen LogP contribution in [0.5, 0.6) is 5.75 Å². The number of benzene rings is 2. The number of halogens is 1. The molecular weight excluding hydrogens is 284 g/mol. The van der Waals surface area contributed by atoms with Crippen molar-refractivity contribution in [1.82, 2.24) is 0 Å². The minimum Gasteiger partial charge on any atom is -0.507 e. The summed E-state index contributed by atoms with van der Waals surface area (Å²) in [4.78, 5) is 22.0. The van der Waals surface area contributed by atoms with Crippen molar-refractivity contribution in [2.45, 2.75) is 0 Å². The van der Waals surface area contributed by atoms with E-state index >= 15 is 0 Å². The molecule has 2 aromatic carbocycles. The number of nitrogens with one attached hydrogen (secondary N) is 1. The maximum absolute atomic E-state index is 12.0. The Kier molecular flexibility index (Phi) is 3.86. The standard InChI is InChI=1S/C13H9ClN2O4/c14-8-4-5-12(17)11(6-8)13(18)15-9-2-1-3-10(7-9)16(19)20/h1-7,17H,(H,15,18). The number of aromatic hydroxyl groups is 1. The van der Waals surface area contributed by atoms with Gasteiger partial charge in [0.05, 0.1) is 10.5 Å². The fourth-order valence-corrected chi connectivity index (χ4v) is 1.76. The average Bonchev–Trinajstić information content (AvgIpc) is 2.41. The lowest BCUT2D eigenvalue weighted by molar-refractivity contribution is -0.384. The number of anilines is 1. The molecule has 0 atom stereocenters. The van der Waals surface area contributed by atoms with Crippen molar-refractivity contribution in [1.29, 1.82) is 0 Å². The van der Waals surface area contributed by atoms with Crippen LogP contribution in [0.4, 0.5) is 11.4 Å². The summed E-state index contributed by atoms with van der Waals surface area (Å²) < 4.78 is 0. The zero-order valence-corrected chi connectivity index (χ0v) is 10.8. The summed E-state index contributed by atoms with van der Waals surface area (Å²) >= 11 is 5.75. The maximum atomic E-state index is 12.0. The highest BCUT2D eigenvalue weighted by atomic mass is 35.5. The molecule has 102 valence electrons. The summed E-state index contributed by atoms with van der Waals surface area (Å²) in [5.74, 6) is -0.831. The van der Waals surface area contributed by atoms with Gasteiger partial charge >= 0.3 is 0 Å². The molecular formula is C13H9ClN2O4. The highest BCUT2D eigenvalue weighted by molar-refractivity contribution is 6.31. The van der Waals surface area contributed by atoms with Crippen LogP contribution in [0, 0.1) is 10.1 Å². The maximum Gasteiger partial charge on any atom is 0.271 e. The molecule has 0 saturated carbocycles. The smallest absolute Gasteiger partial charge is 0.271 e. The number of hydrogen-bond acceptors (Lipinski definition) is 4. The van der Waals surface area contributed by atoms with Crippen LogP contribution in [0.1, 0.15) is 10.4 Å². The second-order valence-corrected chi connectivity index (χ2v) is 4.36. The molecule has 0 bridgehead atoms. The van der Waals surface area contributed by atoms with E-state index in [0.29, 0.717) is 5.02 Å². The van der Waals surface area contributed by atoms with Gasteiger partial charge in [-0.2, -0.15) is 0 Å². The molecule has 0 aromatic heterocycles. The summed E-state index contributed by atoms with van der Waals surface area (Å²) in [6.07, 6.45) is 0. The molecule has 0 radical (unpaired) electrons. The van der Waals surface area contributed by atoms with E-state index in [9.17, 15) is 20.0 Å². The SMILES string of the molecule is O=C(Nc1cccc([N+](=O)[O-])c1)c1cc(Cl)ccc1O. The number of carbonyl (C=O) groups excluding carboxylic acids is 1. The number of hydrogen-bond donors (Lipinski definition) is 2. The van der Waals surface area contributed by atoms with Crippen molar-refractivity contribution in [3.8, 4) is 5.75 Å². The molecule has 0 aliphatic carbocycles. The molecule has 2 aromatic rings. The van der Waals surface area contributed by atoms with Crippen molar-refractivity contribution >= 4 is 28.9 Å². The first-order valence-corrected chi connectivity index (χ1v) is 5.89. The zero-order chi connectivity index (χ0) is 14.7. The molecule has 2 rings (SSSR count). The third-order valence-corrected chi connectivity index (χ3v) is 2.75. The number of amides is 1. The highest BCUT2D eigenvalue weighted by Crippen LogP contribution is 2.23. The number of rotatable bonds is 3. The van der Waals surface area contributed by atoms with Crippen LogP contribution in [0.15, 0.2) is 42.5 Å². The summed E-state index contributed by atoms with van der Waals surface area (Å²) in [5.41, 5.74) is 0.102. The molecule has 0 heterocycles. The van der Waals surface area contributed by atoms with E-state index in [0.717, 1.165) is 0 Å². The molecule has 0 unspecified atom stereocenters. The van der Waals surface area contributed by atoms with Gasteiger partial charge in [-0.3, -0.25) is 14.9 Å². The lowest BCUT2D eigenvalue weighted by atomic mass is 10.2. The van der Waals surface area contributed by atoms with Crippen molar-refractivity contribution in [2.75, 3.05) is 5.32 Å². The molecule has 0 fully saturated rings. The first-order chi connectivity index (χ1) is 9.47. The summed E-state index contributed by atoms with van der Waals surface area (Å²) in [5, 5.41) is 23.0. The third-order valence-electron chi connectivity index (χ3n) is 2.52. The van der Waals surface area contributed by atoms with Gasteiger partial charge in [-0.15, -0.1) is 0 Å². The number of carbonyl (C=O) groups is 1. The van der Waals surface area contributed by atoms with E-state index in [2.05, 4.69) is 5.32 Å². The lowest BCUT2D eigenvalue weighted by Crippen LogP contribution is -2.12. The van der Waals surface area contributed by atoms with Gasteiger partial charge < -0.3 is 10.4 Å². The second kappa shape index (κ2) is 5.58. The first kappa shape index (κ1) is 13.8. The van der Waals surface area contributed by atoms with Gasteiger partial charge in [0, 0.05) is 22.8 Å². The van der Waals surface area contributed by atoms with Crippen molar-refractivity contribution in [3.63, 3.8) is 0 Å². The minimum atomic E-state index is -0.606. The molecule has 1 amide bonds. The van der Waals surface area contributed by atoms with Crippen LogP contribution < -0.4 is 5.32 Å². The minimum absolute atomic E-state index is 0.0102. The van der Waals surface area contributed by atoms with E-state index in [-0.39, 0.29) is 22.7 Å². The van der Waals surface area contributed by atoms with Crippen LogP contribution in [0.2, 0.25) is 5.02 Å². The van der Waals surface area contributed by atoms with E-state index in [1.165, 1.54) is 42.5 Å². The zero-order valence-electron chi connectivity index (χ0n) is 10.0. The Labute approximate surface area is 118 Å². The Hall–Kier alpha value is -2.60. The number of nitro benzene ring substituents is 1.